The zero-order valence-corrected chi connectivity index (χ0v) is 13.7. The van der Waals surface area contributed by atoms with E-state index in [4.69, 9.17) is 0 Å². The van der Waals surface area contributed by atoms with E-state index in [1.165, 1.54) is 36.2 Å². The van der Waals surface area contributed by atoms with E-state index >= 15 is 0 Å². The first-order valence-electron chi connectivity index (χ1n) is 6.75. The van der Waals surface area contributed by atoms with Crippen LogP contribution in [0.5, 0.6) is 0 Å². The van der Waals surface area contributed by atoms with E-state index < -0.39 is 0 Å². The Morgan fingerprint density at radius 1 is 1.16 bits per heavy atom. The van der Waals surface area contributed by atoms with Crippen LogP contribution in [0.15, 0.2) is 18.2 Å². The molecule has 1 atom stereocenters. The Morgan fingerprint density at radius 2 is 1.79 bits per heavy atom. The van der Waals surface area contributed by atoms with Crippen molar-refractivity contribution >= 4 is 24.8 Å². The van der Waals surface area contributed by atoms with E-state index in [0.717, 1.165) is 13.1 Å². The molecule has 19 heavy (non-hydrogen) atoms. The van der Waals surface area contributed by atoms with E-state index in [1.54, 1.807) is 0 Å². The van der Waals surface area contributed by atoms with Gasteiger partial charge in [0.15, 0.2) is 0 Å². The van der Waals surface area contributed by atoms with E-state index in [0.29, 0.717) is 6.04 Å². The molecule has 0 saturated carbocycles. The Bertz CT molecular complexity index is 376. The largest absolute Gasteiger partial charge is 0.314 e. The zero-order valence-electron chi connectivity index (χ0n) is 12.1. The number of piperazine rings is 1. The number of halogens is 2. The van der Waals surface area contributed by atoms with E-state index in [2.05, 4.69) is 49.2 Å². The van der Waals surface area contributed by atoms with Gasteiger partial charge in [0, 0.05) is 32.2 Å². The monoisotopic (exact) mass is 304 g/mol. The van der Waals surface area contributed by atoms with Gasteiger partial charge < -0.3 is 5.32 Å². The summed E-state index contributed by atoms with van der Waals surface area (Å²) in [6, 6.07) is 7.31. The molecular weight excluding hydrogens is 279 g/mol. The lowest BCUT2D eigenvalue weighted by molar-refractivity contribution is 0.169. The minimum atomic E-state index is 0. The molecule has 1 saturated heterocycles. The van der Waals surface area contributed by atoms with Crippen LogP contribution in [-0.2, 0) is 0 Å². The van der Waals surface area contributed by atoms with E-state index in [-0.39, 0.29) is 24.8 Å². The molecule has 1 aliphatic heterocycles. The molecule has 1 heterocycles. The van der Waals surface area contributed by atoms with Crippen LogP contribution in [0.4, 0.5) is 0 Å². The Kier molecular flexibility index (Phi) is 8.67. The minimum absolute atomic E-state index is 0. The molecule has 0 spiro atoms. The quantitative estimate of drug-likeness (QED) is 0.919. The number of hydrogen-bond acceptors (Lipinski definition) is 2. The van der Waals surface area contributed by atoms with Crippen molar-refractivity contribution in [2.45, 2.75) is 33.2 Å². The average molecular weight is 305 g/mol. The Morgan fingerprint density at radius 3 is 2.37 bits per heavy atom. The predicted octanol–water partition coefficient (Wildman–Crippen LogP) is 3.50. The molecule has 1 aromatic carbocycles. The lowest BCUT2D eigenvalue weighted by atomic mass is 9.94. The van der Waals surface area contributed by atoms with Gasteiger partial charge in [-0.05, 0) is 37.0 Å². The molecule has 110 valence electrons. The van der Waals surface area contributed by atoms with Crippen LogP contribution in [0, 0.1) is 13.8 Å². The molecule has 1 fully saturated rings. The van der Waals surface area contributed by atoms with Crippen LogP contribution in [0.3, 0.4) is 0 Å². The summed E-state index contributed by atoms with van der Waals surface area (Å²) >= 11 is 0. The normalized spacial score (nSPS) is 17.2. The van der Waals surface area contributed by atoms with Crippen LogP contribution in [-0.4, -0.2) is 31.1 Å². The number of nitrogens with zero attached hydrogens (tertiary/aromatic N) is 1. The number of benzene rings is 1. The molecule has 2 rings (SSSR count). The molecule has 0 aliphatic carbocycles. The van der Waals surface area contributed by atoms with Gasteiger partial charge >= 0.3 is 0 Å². The third-order valence-corrected chi connectivity index (χ3v) is 3.98. The number of hydrogen-bond donors (Lipinski definition) is 1. The molecule has 1 aliphatic rings. The van der Waals surface area contributed by atoms with Gasteiger partial charge in [0.25, 0.3) is 0 Å². The molecule has 0 radical (unpaired) electrons. The topological polar surface area (TPSA) is 15.3 Å². The van der Waals surface area contributed by atoms with E-state index in [9.17, 15) is 0 Å². The van der Waals surface area contributed by atoms with Crippen molar-refractivity contribution in [1.29, 1.82) is 0 Å². The number of rotatable bonds is 3. The molecule has 0 bridgehead atoms. The standard InChI is InChI=1S/C15H24N2.2ClH/c1-4-15(17-10-8-16-9-11-17)14-7-5-6-12(2)13(14)3;;/h5-7,15-16H,4,8-11H2,1-3H3;2*1H/t15-;;/m0../s1. The minimum Gasteiger partial charge on any atom is -0.314 e. The summed E-state index contributed by atoms with van der Waals surface area (Å²) in [5.41, 5.74) is 4.41. The number of aryl methyl sites for hydroxylation is 1. The number of nitrogens with one attached hydrogen (secondary N) is 1. The summed E-state index contributed by atoms with van der Waals surface area (Å²) < 4.78 is 0. The summed E-state index contributed by atoms with van der Waals surface area (Å²) in [5, 5.41) is 3.43. The maximum absolute atomic E-state index is 3.43. The van der Waals surface area contributed by atoms with Crippen molar-refractivity contribution in [3.05, 3.63) is 34.9 Å². The average Bonchev–Trinajstić information content (AvgIpc) is 2.37. The summed E-state index contributed by atoms with van der Waals surface area (Å²) in [6.07, 6.45) is 1.20. The molecule has 0 amide bonds. The Labute approximate surface area is 129 Å². The van der Waals surface area contributed by atoms with Crippen molar-refractivity contribution in [2.75, 3.05) is 26.2 Å². The van der Waals surface area contributed by atoms with Gasteiger partial charge in [-0.1, -0.05) is 25.1 Å². The van der Waals surface area contributed by atoms with Crippen molar-refractivity contribution in [3.63, 3.8) is 0 Å². The maximum atomic E-state index is 3.43. The SMILES string of the molecule is CC[C@@H](c1cccc(C)c1C)N1CCNCC1.Cl.Cl. The third kappa shape index (κ3) is 4.35. The van der Waals surface area contributed by atoms with Gasteiger partial charge in [0.1, 0.15) is 0 Å². The summed E-state index contributed by atoms with van der Waals surface area (Å²) in [6.45, 7) is 11.4. The summed E-state index contributed by atoms with van der Waals surface area (Å²) in [5.74, 6) is 0. The van der Waals surface area contributed by atoms with Gasteiger partial charge in [0.2, 0.25) is 0 Å². The van der Waals surface area contributed by atoms with Crippen LogP contribution in [0.25, 0.3) is 0 Å². The first-order valence-corrected chi connectivity index (χ1v) is 6.75. The van der Waals surface area contributed by atoms with Gasteiger partial charge in [-0.2, -0.15) is 0 Å². The Balaban J connectivity index is 0.00000162. The van der Waals surface area contributed by atoms with Crippen LogP contribution in [0.2, 0.25) is 0 Å². The lowest BCUT2D eigenvalue weighted by Crippen LogP contribution is -2.45. The van der Waals surface area contributed by atoms with Gasteiger partial charge in [-0.3, -0.25) is 4.90 Å². The second-order valence-corrected chi connectivity index (χ2v) is 5.00. The molecule has 1 N–H and O–H groups in total. The molecular formula is C15H26Cl2N2. The smallest absolute Gasteiger partial charge is 0.0349 e. The highest BCUT2D eigenvalue weighted by atomic mass is 35.5. The second kappa shape index (κ2) is 8.80. The molecule has 1 aromatic rings. The van der Waals surface area contributed by atoms with Crippen molar-refractivity contribution in [1.82, 2.24) is 10.2 Å². The van der Waals surface area contributed by atoms with Crippen molar-refractivity contribution in [3.8, 4) is 0 Å². The highest BCUT2D eigenvalue weighted by molar-refractivity contribution is 5.85. The predicted molar refractivity (Wildman–Crippen MR) is 87.9 cm³/mol. The van der Waals surface area contributed by atoms with E-state index in [1.807, 2.05) is 0 Å². The first-order chi connectivity index (χ1) is 8.24. The maximum Gasteiger partial charge on any atom is 0.0349 e. The van der Waals surface area contributed by atoms with Crippen LogP contribution >= 0.6 is 24.8 Å². The molecule has 0 aromatic heterocycles. The fourth-order valence-electron chi connectivity index (χ4n) is 2.80. The van der Waals surface area contributed by atoms with Gasteiger partial charge in [-0.15, -0.1) is 24.8 Å². The molecule has 4 heteroatoms. The van der Waals surface area contributed by atoms with Crippen LogP contribution < -0.4 is 5.32 Å². The Hall–Kier alpha value is -0.280. The van der Waals surface area contributed by atoms with Crippen molar-refractivity contribution < 1.29 is 0 Å². The lowest BCUT2D eigenvalue weighted by Gasteiger charge is -2.35. The van der Waals surface area contributed by atoms with Gasteiger partial charge in [0.05, 0.1) is 0 Å². The molecule has 2 nitrogen and oxygen atoms in total. The van der Waals surface area contributed by atoms with Crippen LogP contribution in [0.1, 0.15) is 36.1 Å². The summed E-state index contributed by atoms with van der Waals surface area (Å²) in [4.78, 5) is 2.62. The van der Waals surface area contributed by atoms with Crippen molar-refractivity contribution in [2.24, 2.45) is 0 Å². The first kappa shape index (κ1) is 18.7. The zero-order chi connectivity index (χ0) is 12.3. The highest BCUT2D eigenvalue weighted by Gasteiger charge is 2.21. The fraction of sp³-hybridized carbons (Fsp3) is 0.600. The fourth-order valence-corrected chi connectivity index (χ4v) is 2.80. The highest BCUT2D eigenvalue weighted by Crippen LogP contribution is 2.28. The van der Waals surface area contributed by atoms with Gasteiger partial charge in [-0.25, -0.2) is 0 Å². The second-order valence-electron chi connectivity index (χ2n) is 5.00. The molecule has 0 unspecified atom stereocenters. The third-order valence-electron chi connectivity index (χ3n) is 3.98. The summed E-state index contributed by atoms with van der Waals surface area (Å²) in [7, 11) is 0.